The molecule has 4 rings (SSSR count). The highest BCUT2D eigenvalue weighted by Gasteiger charge is 2.35. The van der Waals surface area contributed by atoms with Gasteiger partial charge in [-0.15, -0.1) is 0 Å². The van der Waals surface area contributed by atoms with E-state index in [9.17, 15) is 18.0 Å². The van der Waals surface area contributed by atoms with E-state index in [1.807, 2.05) is 81.4 Å². The molecule has 0 bridgehead atoms. The summed E-state index contributed by atoms with van der Waals surface area (Å²) in [5, 5.41) is 2.97. The summed E-state index contributed by atoms with van der Waals surface area (Å²) in [7, 11) is -4.14. The van der Waals surface area contributed by atoms with Gasteiger partial charge in [0.1, 0.15) is 12.6 Å². The van der Waals surface area contributed by atoms with Gasteiger partial charge in [-0.3, -0.25) is 13.9 Å². The van der Waals surface area contributed by atoms with Crippen molar-refractivity contribution >= 4 is 43.5 Å². The minimum Gasteiger partial charge on any atom is -0.354 e. The van der Waals surface area contributed by atoms with Crippen molar-refractivity contribution in [1.82, 2.24) is 10.2 Å². The summed E-state index contributed by atoms with van der Waals surface area (Å²) in [4.78, 5) is 29.9. The molecule has 1 N–H and O–H groups in total. The van der Waals surface area contributed by atoms with Crippen LogP contribution in [-0.4, -0.2) is 44.3 Å². The number of nitrogens with one attached hydrogen (secondary N) is 1. The fourth-order valence-electron chi connectivity index (χ4n) is 4.99. The third-order valence-corrected chi connectivity index (χ3v) is 9.78. The van der Waals surface area contributed by atoms with E-state index in [-0.39, 0.29) is 23.8 Å². The van der Waals surface area contributed by atoms with Gasteiger partial charge in [-0.05, 0) is 72.9 Å². The molecular formula is C35H38BrN3O4S. The maximum Gasteiger partial charge on any atom is 0.264 e. The van der Waals surface area contributed by atoms with Crippen molar-refractivity contribution in [3.8, 4) is 0 Å². The number of carbonyl (C=O) groups is 2. The van der Waals surface area contributed by atoms with E-state index in [0.29, 0.717) is 12.2 Å². The van der Waals surface area contributed by atoms with E-state index in [4.69, 9.17) is 0 Å². The molecule has 0 aliphatic rings. The minimum absolute atomic E-state index is 0.0776. The fraction of sp³-hybridized carbons (Fsp3) is 0.257. The van der Waals surface area contributed by atoms with Gasteiger partial charge in [0.15, 0.2) is 0 Å². The first-order chi connectivity index (χ1) is 21.1. The molecule has 0 aliphatic heterocycles. The first-order valence-electron chi connectivity index (χ1n) is 14.6. The Morgan fingerprint density at radius 3 is 2.14 bits per heavy atom. The maximum absolute atomic E-state index is 14.5. The van der Waals surface area contributed by atoms with Gasteiger partial charge in [-0.25, -0.2) is 8.42 Å². The highest BCUT2D eigenvalue weighted by atomic mass is 79.9. The maximum atomic E-state index is 14.5. The molecule has 0 aromatic heterocycles. The molecule has 4 aromatic rings. The lowest BCUT2D eigenvalue weighted by molar-refractivity contribution is -0.140. The molecule has 0 radical (unpaired) electrons. The number of rotatable bonds is 13. The second kappa shape index (κ2) is 15.2. The van der Waals surface area contributed by atoms with Crippen LogP contribution in [0.5, 0.6) is 0 Å². The first-order valence-corrected chi connectivity index (χ1v) is 16.8. The van der Waals surface area contributed by atoms with Crippen LogP contribution in [0, 0.1) is 13.8 Å². The monoisotopic (exact) mass is 675 g/mol. The number of halogens is 1. The molecule has 0 fully saturated rings. The van der Waals surface area contributed by atoms with Crippen molar-refractivity contribution in [1.29, 1.82) is 0 Å². The quantitative estimate of drug-likeness (QED) is 0.177. The molecule has 1 unspecified atom stereocenters. The van der Waals surface area contributed by atoms with E-state index in [1.165, 1.54) is 21.3 Å². The Morgan fingerprint density at radius 2 is 1.48 bits per heavy atom. The van der Waals surface area contributed by atoms with Gasteiger partial charge in [0, 0.05) is 24.0 Å². The summed E-state index contributed by atoms with van der Waals surface area (Å²) < 4.78 is 30.3. The zero-order valence-corrected chi connectivity index (χ0v) is 27.6. The van der Waals surface area contributed by atoms with Crippen LogP contribution in [0.1, 0.15) is 35.6 Å². The second-order valence-corrected chi connectivity index (χ2v) is 13.5. The predicted molar refractivity (Wildman–Crippen MR) is 179 cm³/mol. The van der Waals surface area contributed by atoms with E-state index >= 15 is 0 Å². The van der Waals surface area contributed by atoms with Crippen molar-refractivity contribution in [3.63, 3.8) is 0 Å². The largest absolute Gasteiger partial charge is 0.354 e. The van der Waals surface area contributed by atoms with Crippen LogP contribution >= 0.6 is 15.9 Å². The molecular weight excluding hydrogens is 638 g/mol. The number of hydrogen-bond acceptors (Lipinski definition) is 4. The van der Waals surface area contributed by atoms with E-state index in [2.05, 4.69) is 21.2 Å². The first kappa shape index (κ1) is 33.0. The summed E-state index contributed by atoms with van der Waals surface area (Å²) in [5.74, 6) is -0.777. The van der Waals surface area contributed by atoms with Gasteiger partial charge in [-0.2, -0.15) is 0 Å². The van der Waals surface area contributed by atoms with Gasteiger partial charge in [0.25, 0.3) is 10.0 Å². The summed E-state index contributed by atoms with van der Waals surface area (Å²) in [6.07, 6.45) is 1.00. The fourth-order valence-corrected chi connectivity index (χ4v) is 6.93. The molecule has 0 saturated heterocycles. The van der Waals surface area contributed by atoms with Crippen LogP contribution in [0.15, 0.2) is 112 Å². The number of amides is 2. The molecule has 0 heterocycles. The summed E-state index contributed by atoms with van der Waals surface area (Å²) in [6.45, 7) is 5.80. The average Bonchev–Trinajstić information content (AvgIpc) is 3.02. The number of carbonyl (C=O) groups excluding carboxylic acids is 2. The molecule has 1 atom stereocenters. The topological polar surface area (TPSA) is 86.8 Å². The third kappa shape index (κ3) is 8.15. The number of nitrogens with zero attached hydrogens (tertiary/aromatic N) is 2. The van der Waals surface area contributed by atoms with Gasteiger partial charge in [0.05, 0.1) is 10.6 Å². The van der Waals surface area contributed by atoms with Crippen LogP contribution < -0.4 is 9.62 Å². The Labute approximate surface area is 269 Å². The predicted octanol–water partition coefficient (Wildman–Crippen LogP) is 6.43. The lowest BCUT2D eigenvalue weighted by Gasteiger charge is -2.34. The molecule has 230 valence electrons. The average molecular weight is 677 g/mol. The zero-order chi connectivity index (χ0) is 31.7. The highest BCUT2D eigenvalue weighted by Crippen LogP contribution is 2.29. The molecule has 7 nitrogen and oxygen atoms in total. The van der Waals surface area contributed by atoms with Crippen molar-refractivity contribution in [3.05, 3.63) is 130 Å². The smallest absolute Gasteiger partial charge is 0.264 e. The molecule has 2 amide bonds. The SMILES string of the molecule is CCCNC(=O)C(Cc1ccccc1)N(Cc1cccc(Br)c1)C(=O)CN(c1cccc(C)c1C)S(=O)(=O)c1ccccc1. The second-order valence-electron chi connectivity index (χ2n) is 10.7. The Hall–Kier alpha value is -3.95. The molecule has 0 aliphatic carbocycles. The lowest BCUT2D eigenvalue weighted by Crippen LogP contribution is -2.53. The van der Waals surface area contributed by atoms with Crippen LogP contribution in [0.25, 0.3) is 0 Å². The van der Waals surface area contributed by atoms with Gasteiger partial charge < -0.3 is 10.2 Å². The van der Waals surface area contributed by atoms with Crippen LogP contribution in [-0.2, 0) is 32.6 Å². The Kier molecular flexibility index (Phi) is 11.4. The van der Waals surface area contributed by atoms with Crippen LogP contribution in [0.3, 0.4) is 0 Å². The van der Waals surface area contributed by atoms with E-state index in [1.54, 1.807) is 30.3 Å². The van der Waals surface area contributed by atoms with Crippen LogP contribution in [0.4, 0.5) is 5.69 Å². The summed E-state index contributed by atoms with van der Waals surface area (Å²) in [5.41, 5.74) is 3.76. The van der Waals surface area contributed by atoms with Gasteiger partial charge in [-0.1, -0.05) is 95.7 Å². The molecule has 4 aromatic carbocycles. The molecule has 0 spiro atoms. The Balaban J connectivity index is 1.82. The number of benzene rings is 4. The normalized spacial score (nSPS) is 11.9. The number of hydrogen-bond donors (Lipinski definition) is 1. The van der Waals surface area contributed by atoms with Crippen molar-refractivity contribution in [2.45, 2.75) is 51.1 Å². The molecule has 44 heavy (non-hydrogen) atoms. The Bertz CT molecular complexity index is 1680. The highest BCUT2D eigenvalue weighted by molar-refractivity contribution is 9.10. The van der Waals surface area contributed by atoms with Gasteiger partial charge in [0.2, 0.25) is 11.8 Å². The van der Waals surface area contributed by atoms with Crippen molar-refractivity contribution in [2.75, 3.05) is 17.4 Å². The summed E-state index contributed by atoms with van der Waals surface area (Å²) in [6, 6.07) is 29.7. The van der Waals surface area contributed by atoms with E-state index < -0.39 is 28.5 Å². The summed E-state index contributed by atoms with van der Waals surface area (Å²) >= 11 is 3.51. The zero-order valence-electron chi connectivity index (χ0n) is 25.2. The lowest BCUT2D eigenvalue weighted by atomic mass is 10.0. The third-order valence-electron chi connectivity index (χ3n) is 7.52. The number of anilines is 1. The number of aryl methyl sites for hydroxylation is 1. The molecule has 9 heteroatoms. The molecule has 0 saturated carbocycles. The standard InChI is InChI=1S/C35H38BrN3O4S/c1-4-21-37-35(41)33(23-28-14-7-5-8-15-28)38(24-29-16-12-17-30(36)22-29)34(40)25-39(32-20-11-13-26(2)27(32)3)44(42,43)31-18-9-6-10-19-31/h5-20,22,33H,4,21,23-25H2,1-3H3,(H,37,41). The minimum atomic E-state index is -4.14. The van der Waals surface area contributed by atoms with E-state index in [0.717, 1.165) is 33.1 Å². The van der Waals surface area contributed by atoms with Gasteiger partial charge >= 0.3 is 0 Å². The van der Waals surface area contributed by atoms with Crippen molar-refractivity contribution < 1.29 is 18.0 Å². The Morgan fingerprint density at radius 1 is 0.841 bits per heavy atom. The number of sulfonamides is 1. The van der Waals surface area contributed by atoms with Crippen LogP contribution in [0.2, 0.25) is 0 Å². The van der Waals surface area contributed by atoms with Crippen molar-refractivity contribution in [2.24, 2.45) is 0 Å².